The van der Waals surface area contributed by atoms with Gasteiger partial charge in [0.1, 0.15) is 0 Å². The van der Waals surface area contributed by atoms with Crippen molar-refractivity contribution in [3.05, 3.63) is 34.3 Å². The van der Waals surface area contributed by atoms with Crippen molar-refractivity contribution in [2.75, 3.05) is 20.1 Å². The molecule has 0 heterocycles. The number of aryl methyl sites for hydroxylation is 1. The molecule has 0 aliphatic heterocycles. The molecule has 1 aromatic carbocycles. The predicted molar refractivity (Wildman–Crippen MR) is 80.1 cm³/mol. The first-order valence-electron chi connectivity index (χ1n) is 6.76. The van der Waals surface area contributed by atoms with Crippen molar-refractivity contribution in [1.82, 2.24) is 4.90 Å². The number of rotatable bonds is 7. The molecule has 18 heavy (non-hydrogen) atoms. The van der Waals surface area contributed by atoms with Crippen LogP contribution >= 0.6 is 11.6 Å². The quantitative estimate of drug-likeness (QED) is 0.763. The first-order valence-corrected chi connectivity index (χ1v) is 7.14. The van der Waals surface area contributed by atoms with Crippen LogP contribution in [0.3, 0.4) is 0 Å². The number of hydrogen-bond acceptors (Lipinski definition) is 2. The Hall–Kier alpha value is -0.570. The van der Waals surface area contributed by atoms with Gasteiger partial charge in [0.15, 0.2) is 0 Å². The summed E-state index contributed by atoms with van der Waals surface area (Å²) in [6.45, 7) is 6.07. The van der Waals surface area contributed by atoms with Gasteiger partial charge < -0.3 is 5.73 Å². The van der Waals surface area contributed by atoms with E-state index in [0.29, 0.717) is 12.6 Å². The maximum absolute atomic E-state index is 6.00. The molecule has 1 aromatic rings. The average molecular weight is 269 g/mol. The second kappa shape index (κ2) is 7.78. The Morgan fingerprint density at radius 3 is 2.61 bits per heavy atom. The molecule has 2 nitrogen and oxygen atoms in total. The van der Waals surface area contributed by atoms with Crippen molar-refractivity contribution in [3.8, 4) is 0 Å². The van der Waals surface area contributed by atoms with Gasteiger partial charge in [-0.05, 0) is 50.2 Å². The smallest absolute Gasteiger partial charge is 0.0470 e. The van der Waals surface area contributed by atoms with Crippen LogP contribution in [-0.2, 0) is 0 Å². The number of hydrogen-bond donors (Lipinski definition) is 1. The first-order chi connectivity index (χ1) is 8.60. The summed E-state index contributed by atoms with van der Waals surface area (Å²) in [5.74, 6) is 0. The molecule has 0 spiro atoms. The fourth-order valence-corrected chi connectivity index (χ4v) is 2.55. The molecular formula is C15H25ClN2. The Labute approximate surface area is 116 Å². The molecule has 1 atom stereocenters. The Balaban J connectivity index is 2.75. The minimum absolute atomic E-state index is 0.291. The summed E-state index contributed by atoms with van der Waals surface area (Å²) in [6, 6.07) is 6.36. The molecule has 1 unspecified atom stereocenters. The van der Waals surface area contributed by atoms with Crippen molar-refractivity contribution >= 4 is 11.6 Å². The van der Waals surface area contributed by atoms with Gasteiger partial charge in [0, 0.05) is 17.6 Å². The van der Waals surface area contributed by atoms with Crippen LogP contribution in [0.15, 0.2) is 18.2 Å². The molecule has 102 valence electrons. The Bertz CT molecular complexity index is 366. The summed E-state index contributed by atoms with van der Waals surface area (Å²) in [7, 11) is 2.15. The summed E-state index contributed by atoms with van der Waals surface area (Å²) < 4.78 is 0. The van der Waals surface area contributed by atoms with Crippen molar-refractivity contribution < 1.29 is 0 Å². The lowest BCUT2D eigenvalue weighted by molar-refractivity contribution is 0.244. The minimum Gasteiger partial charge on any atom is -0.329 e. The van der Waals surface area contributed by atoms with E-state index in [9.17, 15) is 0 Å². The molecule has 3 heteroatoms. The lowest BCUT2D eigenvalue weighted by atomic mass is 10.00. The standard InChI is InChI=1S/C15H25ClN2/c1-4-5-6-9-18(3)15(11-17)14-8-7-13(16)10-12(14)2/h7-8,10,15H,4-6,9,11,17H2,1-3H3. The van der Waals surface area contributed by atoms with Crippen LogP contribution in [0.25, 0.3) is 0 Å². The summed E-state index contributed by atoms with van der Waals surface area (Å²) >= 11 is 6.00. The molecule has 0 aromatic heterocycles. The largest absolute Gasteiger partial charge is 0.329 e. The van der Waals surface area contributed by atoms with E-state index >= 15 is 0 Å². The lowest BCUT2D eigenvalue weighted by Gasteiger charge is -2.28. The SMILES string of the molecule is CCCCCN(C)C(CN)c1ccc(Cl)cc1C. The zero-order valence-electron chi connectivity index (χ0n) is 11.7. The third-order valence-corrected chi connectivity index (χ3v) is 3.70. The number of unbranched alkanes of at least 4 members (excludes halogenated alkanes) is 2. The van der Waals surface area contributed by atoms with E-state index in [4.69, 9.17) is 17.3 Å². The molecule has 0 bridgehead atoms. The van der Waals surface area contributed by atoms with Crippen LogP contribution in [0.5, 0.6) is 0 Å². The van der Waals surface area contributed by atoms with Gasteiger partial charge >= 0.3 is 0 Å². The van der Waals surface area contributed by atoms with Crippen LogP contribution in [0.1, 0.15) is 43.4 Å². The van der Waals surface area contributed by atoms with Crippen molar-refractivity contribution in [2.24, 2.45) is 5.73 Å². The zero-order valence-corrected chi connectivity index (χ0v) is 12.5. The van der Waals surface area contributed by atoms with Crippen LogP contribution < -0.4 is 5.73 Å². The molecule has 0 saturated carbocycles. The van der Waals surface area contributed by atoms with E-state index in [2.05, 4.69) is 31.9 Å². The molecule has 0 aliphatic carbocycles. The number of benzene rings is 1. The van der Waals surface area contributed by atoms with E-state index in [-0.39, 0.29) is 0 Å². The van der Waals surface area contributed by atoms with E-state index < -0.39 is 0 Å². The van der Waals surface area contributed by atoms with Crippen LogP contribution in [0.4, 0.5) is 0 Å². The van der Waals surface area contributed by atoms with Gasteiger partial charge in [-0.2, -0.15) is 0 Å². The second-order valence-corrected chi connectivity index (χ2v) is 5.38. The van der Waals surface area contributed by atoms with Gasteiger partial charge in [0.2, 0.25) is 0 Å². The molecule has 0 fully saturated rings. The minimum atomic E-state index is 0.291. The molecule has 0 radical (unpaired) electrons. The maximum Gasteiger partial charge on any atom is 0.0470 e. The van der Waals surface area contributed by atoms with Gasteiger partial charge in [-0.25, -0.2) is 0 Å². The number of nitrogens with two attached hydrogens (primary N) is 1. The van der Waals surface area contributed by atoms with Gasteiger partial charge in [0.25, 0.3) is 0 Å². The number of likely N-dealkylation sites (N-methyl/N-ethyl adjacent to an activating group) is 1. The molecule has 0 aliphatic rings. The lowest BCUT2D eigenvalue weighted by Crippen LogP contribution is -2.31. The van der Waals surface area contributed by atoms with E-state index in [1.807, 2.05) is 12.1 Å². The molecule has 1 rings (SSSR count). The zero-order chi connectivity index (χ0) is 13.5. The van der Waals surface area contributed by atoms with Gasteiger partial charge in [-0.3, -0.25) is 4.90 Å². The topological polar surface area (TPSA) is 29.3 Å². The number of nitrogens with zero attached hydrogens (tertiary/aromatic N) is 1. The third-order valence-electron chi connectivity index (χ3n) is 3.46. The van der Waals surface area contributed by atoms with Gasteiger partial charge in [0.05, 0.1) is 0 Å². The summed E-state index contributed by atoms with van der Waals surface area (Å²) in [6.07, 6.45) is 3.76. The highest BCUT2D eigenvalue weighted by Gasteiger charge is 2.16. The van der Waals surface area contributed by atoms with E-state index in [0.717, 1.165) is 11.6 Å². The predicted octanol–water partition coefficient (Wildman–Crippen LogP) is 3.77. The average Bonchev–Trinajstić information content (AvgIpc) is 2.33. The highest BCUT2D eigenvalue weighted by Crippen LogP contribution is 2.24. The van der Waals surface area contributed by atoms with Gasteiger partial charge in [-0.15, -0.1) is 0 Å². The second-order valence-electron chi connectivity index (χ2n) is 4.94. The van der Waals surface area contributed by atoms with E-state index in [1.54, 1.807) is 0 Å². The van der Waals surface area contributed by atoms with Crippen LogP contribution in [0, 0.1) is 6.92 Å². The number of halogens is 1. The third kappa shape index (κ3) is 4.27. The molecule has 2 N–H and O–H groups in total. The highest BCUT2D eigenvalue weighted by atomic mass is 35.5. The molecule has 0 amide bonds. The summed E-state index contributed by atoms with van der Waals surface area (Å²) in [5, 5.41) is 0.792. The summed E-state index contributed by atoms with van der Waals surface area (Å²) in [4.78, 5) is 2.35. The van der Waals surface area contributed by atoms with E-state index in [1.165, 1.54) is 30.4 Å². The molecular weight excluding hydrogens is 244 g/mol. The molecule has 0 saturated heterocycles. The van der Waals surface area contributed by atoms with Crippen molar-refractivity contribution in [1.29, 1.82) is 0 Å². The fourth-order valence-electron chi connectivity index (χ4n) is 2.32. The van der Waals surface area contributed by atoms with Crippen molar-refractivity contribution in [2.45, 2.75) is 39.2 Å². The normalized spacial score (nSPS) is 13.0. The summed E-state index contributed by atoms with van der Waals surface area (Å²) in [5.41, 5.74) is 8.46. The van der Waals surface area contributed by atoms with Crippen molar-refractivity contribution in [3.63, 3.8) is 0 Å². The fraction of sp³-hybridized carbons (Fsp3) is 0.600. The van der Waals surface area contributed by atoms with Crippen LogP contribution in [0.2, 0.25) is 5.02 Å². The Morgan fingerprint density at radius 1 is 1.33 bits per heavy atom. The first kappa shape index (κ1) is 15.5. The Kier molecular flexibility index (Phi) is 6.69. The Morgan fingerprint density at radius 2 is 2.06 bits per heavy atom. The van der Waals surface area contributed by atoms with Crippen LogP contribution in [-0.4, -0.2) is 25.0 Å². The maximum atomic E-state index is 6.00. The highest BCUT2D eigenvalue weighted by molar-refractivity contribution is 6.30. The monoisotopic (exact) mass is 268 g/mol. The van der Waals surface area contributed by atoms with Gasteiger partial charge in [-0.1, -0.05) is 37.4 Å².